The van der Waals surface area contributed by atoms with E-state index in [1.165, 1.54) is 6.07 Å². The number of hydrogen-bond donors (Lipinski definition) is 1. The second-order valence-corrected chi connectivity index (χ2v) is 6.13. The van der Waals surface area contributed by atoms with Gasteiger partial charge >= 0.3 is 0 Å². The highest BCUT2D eigenvalue weighted by Gasteiger charge is 2.32. The van der Waals surface area contributed by atoms with Crippen molar-refractivity contribution in [3.05, 3.63) is 34.6 Å². The first-order valence-electron chi connectivity index (χ1n) is 7.09. The molecule has 1 amide bonds. The normalized spacial score (nSPS) is 27.0. The largest absolute Gasteiger partial charge is 0.352 e. The molecule has 2 bridgehead atoms. The fourth-order valence-electron chi connectivity index (χ4n) is 3.18. The van der Waals surface area contributed by atoms with Crippen LogP contribution in [0.1, 0.15) is 24.8 Å². The second kappa shape index (κ2) is 5.70. The van der Waals surface area contributed by atoms with Crippen molar-refractivity contribution in [2.45, 2.75) is 31.8 Å². The van der Waals surface area contributed by atoms with Gasteiger partial charge in [-0.1, -0.05) is 24.1 Å². The summed E-state index contributed by atoms with van der Waals surface area (Å²) in [5.74, 6) is -0.103. The quantitative estimate of drug-likeness (QED) is 0.910. The van der Waals surface area contributed by atoms with E-state index in [2.05, 4.69) is 10.2 Å². The Bertz CT molecular complexity index is 502. The van der Waals surface area contributed by atoms with E-state index in [1.807, 2.05) is 0 Å². The molecule has 1 N–H and O–H groups in total. The molecule has 5 heteroatoms. The Labute approximate surface area is 123 Å². The lowest BCUT2D eigenvalue weighted by Gasteiger charge is -2.27. The van der Waals surface area contributed by atoms with Crippen LogP contribution in [0.4, 0.5) is 4.39 Å². The molecule has 2 fully saturated rings. The first-order chi connectivity index (χ1) is 9.63. The van der Waals surface area contributed by atoms with Gasteiger partial charge in [-0.25, -0.2) is 4.39 Å². The number of carbonyl (C=O) groups excluding carboxylic acids is 1. The summed E-state index contributed by atoms with van der Waals surface area (Å²) in [6.07, 6.45) is 3.01. The Balaban J connectivity index is 1.79. The molecule has 0 radical (unpaired) electrons. The number of nitrogens with one attached hydrogen (secondary N) is 1. The van der Waals surface area contributed by atoms with Gasteiger partial charge in [0.05, 0.1) is 5.92 Å². The molecule has 0 unspecified atom stereocenters. The van der Waals surface area contributed by atoms with Crippen molar-refractivity contribution in [1.29, 1.82) is 0 Å². The number of benzene rings is 1. The lowest BCUT2D eigenvalue weighted by molar-refractivity contribution is -0.124. The Kier molecular flexibility index (Phi) is 3.94. The summed E-state index contributed by atoms with van der Waals surface area (Å²) in [5, 5.41) is 3.54. The summed E-state index contributed by atoms with van der Waals surface area (Å²) < 4.78 is 13.9. The third-order valence-corrected chi connectivity index (χ3v) is 4.58. The highest BCUT2D eigenvalue weighted by molar-refractivity contribution is 6.31. The van der Waals surface area contributed by atoms with E-state index in [1.54, 1.807) is 12.1 Å². The topological polar surface area (TPSA) is 32.3 Å². The van der Waals surface area contributed by atoms with Crippen LogP contribution in [0.3, 0.4) is 0 Å². The predicted molar refractivity (Wildman–Crippen MR) is 76.0 cm³/mol. The summed E-state index contributed by atoms with van der Waals surface area (Å²) in [6, 6.07) is 4.94. The van der Waals surface area contributed by atoms with Crippen LogP contribution in [0.15, 0.2) is 18.2 Å². The van der Waals surface area contributed by atoms with Crippen LogP contribution in [-0.2, 0) is 11.3 Å². The first-order valence-corrected chi connectivity index (χ1v) is 7.47. The van der Waals surface area contributed by atoms with Crippen LogP contribution >= 0.6 is 11.6 Å². The van der Waals surface area contributed by atoms with E-state index in [0.717, 1.165) is 25.8 Å². The van der Waals surface area contributed by atoms with Crippen molar-refractivity contribution >= 4 is 17.5 Å². The molecular formula is C15H18ClFN2O. The Morgan fingerprint density at radius 2 is 2.20 bits per heavy atom. The van der Waals surface area contributed by atoms with Gasteiger partial charge in [-0.2, -0.15) is 0 Å². The van der Waals surface area contributed by atoms with Crippen molar-refractivity contribution in [3.63, 3.8) is 0 Å². The summed E-state index contributed by atoms with van der Waals surface area (Å²) in [7, 11) is 0. The van der Waals surface area contributed by atoms with Gasteiger partial charge in [-0.15, -0.1) is 0 Å². The number of carbonyl (C=O) groups is 1. The molecule has 0 spiro atoms. The molecule has 0 saturated carbocycles. The van der Waals surface area contributed by atoms with Gasteiger partial charge in [0.25, 0.3) is 0 Å². The molecule has 2 aliphatic heterocycles. The van der Waals surface area contributed by atoms with Crippen LogP contribution in [0.2, 0.25) is 5.02 Å². The predicted octanol–water partition coefficient (Wildman–Crippen LogP) is 2.58. The molecule has 2 atom stereocenters. The van der Waals surface area contributed by atoms with E-state index < -0.39 is 0 Å². The summed E-state index contributed by atoms with van der Waals surface area (Å²) in [5.41, 5.74) is 0.529. The van der Waals surface area contributed by atoms with Crippen LogP contribution in [0, 0.1) is 11.7 Å². The smallest absolute Gasteiger partial charge is 0.224 e. The van der Waals surface area contributed by atoms with Crippen molar-refractivity contribution in [2.75, 3.05) is 13.1 Å². The second-order valence-electron chi connectivity index (χ2n) is 5.73. The molecule has 3 rings (SSSR count). The molecule has 2 aliphatic rings. The average Bonchev–Trinajstić information content (AvgIpc) is 2.63. The zero-order valence-corrected chi connectivity index (χ0v) is 12.0. The lowest BCUT2D eigenvalue weighted by Crippen LogP contribution is -2.38. The molecule has 1 aromatic rings. The Hall–Kier alpha value is -1.13. The van der Waals surface area contributed by atoms with Gasteiger partial charge in [0.1, 0.15) is 5.82 Å². The number of hydrogen-bond acceptors (Lipinski definition) is 2. The summed E-state index contributed by atoms with van der Waals surface area (Å²) in [4.78, 5) is 14.1. The first kappa shape index (κ1) is 13.8. The Morgan fingerprint density at radius 1 is 1.35 bits per heavy atom. The van der Waals surface area contributed by atoms with Crippen LogP contribution in [-0.4, -0.2) is 29.9 Å². The monoisotopic (exact) mass is 296 g/mol. The molecule has 2 heterocycles. The highest BCUT2D eigenvalue weighted by atomic mass is 35.5. The van der Waals surface area contributed by atoms with Gasteiger partial charge in [0.2, 0.25) is 5.91 Å². The molecule has 1 aromatic carbocycles. The molecule has 20 heavy (non-hydrogen) atoms. The van der Waals surface area contributed by atoms with Crippen molar-refractivity contribution in [2.24, 2.45) is 5.92 Å². The molecule has 0 aromatic heterocycles. The number of nitrogens with zero attached hydrogens (tertiary/aromatic N) is 1. The minimum absolute atomic E-state index is 0.0213. The lowest BCUT2D eigenvalue weighted by atomic mass is 9.99. The van der Waals surface area contributed by atoms with E-state index in [4.69, 9.17) is 11.6 Å². The van der Waals surface area contributed by atoms with Crippen LogP contribution in [0.25, 0.3) is 0 Å². The fraction of sp³-hybridized carbons (Fsp3) is 0.533. The summed E-state index contributed by atoms with van der Waals surface area (Å²) in [6.45, 7) is 1.92. The minimum atomic E-state index is -0.272. The van der Waals surface area contributed by atoms with E-state index in [9.17, 15) is 9.18 Å². The maximum Gasteiger partial charge on any atom is 0.224 e. The van der Waals surface area contributed by atoms with Crippen LogP contribution in [0.5, 0.6) is 0 Å². The molecule has 108 valence electrons. The van der Waals surface area contributed by atoms with E-state index in [-0.39, 0.29) is 23.7 Å². The van der Waals surface area contributed by atoms with Crippen molar-refractivity contribution in [3.8, 4) is 0 Å². The van der Waals surface area contributed by atoms with Gasteiger partial charge in [-0.05, 0) is 25.0 Å². The average molecular weight is 297 g/mol. The minimum Gasteiger partial charge on any atom is -0.352 e. The molecule has 3 nitrogen and oxygen atoms in total. The van der Waals surface area contributed by atoms with Gasteiger partial charge in [0.15, 0.2) is 0 Å². The van der Waals surface area contributed by atoms with Gasteiger partial charge in [-0.3, -0.25) is 9.69 Å². The van der Waals surface area contributed by atoms with E-state index in [0.29, 0.717) is 23.7 Å². The number of amides is 1. The number of rotatable bonds is 2. The van der Waals surface area contributed by atoms with Crippen molar-refractivity contribution in [1.82, 2.24) is 10.2 Å². The number of likely N-dealkylation sites (tertiary alicyclic amines) is 1. The maximum atomic E-state index is 13.9. The molecular weight excluding hydrogens is 279 g/mol. The number of fused-ring (bicyclic) bond motifs is 3. The third kappa shape index (κ3) is 2.81. The van der Waals surface area contributed by atoms with Gasteiger partial charge < -0.3 is 5.32 Å². The molecule has 2 saturated heterocycles. The SMILES string of the molecule is O=C1N[C@H]2CCC[C@@H]1CN(Cc1c(F)cccc1Cl)C2. The zero-order valence-electron chi connectivity index (χ0n) is 11.2. The molecule has 0 aliphatic carbocycles. The summed E-state index contributed by atoms with van der Waals surface area (Å²) >= 11 is 6.09. The van der Waals surface area contributed by atoms with Crippen LogP contribution < -0.4 is 5.32 Å². The zero-order chi connectivity index (χ0) is 14.1. The fourth-order valence-corrected chi connectivity index (χ4v) is 3.40. The third-order valence-electron chi connectivity index (χ3n) is 4.22. The van der Waals surface area contributed by atoms with Crippen molar-refractivity contribution < 1.29 is 9.18 Å². The van der Waals surface area contributed by atoms with E-state index >= 15 is 0 Å². The number of halogens is 2. The standard InChI is InChI=1S/C15H18ClFN2O/c16-13-5-2-6-14(17)12(13)9-19-7-10-3-1-4-11(8-19)18-15(10)20/h2,5-6,10-11H,1,3-4,7-9H2,(H,18,20)/t10-,11+/m1/s1. The van der Waals surface area contributed by atoms with Gasteiger partial charge in [0, 0.05) is 36.3 Å². The Morgan fingerprint density at radius 3 is 3.00 bits per heavy atom. The highest BCUT2D eigenvalue weighted by Crippen LogP contribution is 2.26. The maximum absolute atomic E-state index is 13.9.